The highest BCUT2D eigenvalue weighted by Crippen LogP contribution is 2.35. The van der Waals surface area contributed by atoms with Gasteiger partial charge in [-0.1, -0.05) is 60.1 Å². The lowest BCUT2D eigenvalue weighted by Gasteiger charge is -2.11. The van der Waals surface area contributed by atoms with Crippen LogP contribution in [0.1, 0.15) is 11.1 Å². The molecule has 0 aliphatic carbocycles. The average molecular weight is 422 g/mol. The summed E-state index contributed by atoms with van der Waals surface area (Å²) in [5, 5.41) is 0.366. The zero-order valence-electron chi connectivity index (χ0n) is 15.2. The smallest absolute Gasteiger partial charge is 0.298 e. The van der Waals surface area contributed by atoms with Gasteiger partial charge in [0.2, 0.25) is 0 Å². The number of thioether (sulfide) groups is 1. The maximum atomic E-state index is 12.7. The van der Waals surface area contributed by atoms with Gasteiger partial charge in [-0.3, -0.25) is 9.59 Å². The predicted molar refractivity (Wildman–Crippen MR) is 117 cm³/mol. The van der Waals surface area contributed by atoms with Gasteiger partial charge in [0.25, 0.3) is 11.1 Å². The fourth-order valence-corrected chi connectivity index (χ4v) is 3.89. The number of imide groups is 1. The van der Waals surface area contributed by atoms with E-state index in [9.17, 15) is 9.59 Å². The number of rotatable bonds is 5. The van der Waals surface area contributed by atoms with Gasteiger partial charge in [-0.15, -0.1) is 0 Å². The molecule has 1 aliphatic rings. The molecule has 6 heteroatoms. The number of halogens is 1. The van der Waals surface area contributed by atoms with Gasteiger partial charge in [0, 0.05) is 10.6 Å². The van der Waals surface area contributed by atoms with Crippen molar-refractivity contribution >= 4 is 46.3 Å². The van der Waals surface area contributed by atoms with Crippen LogP contribution in [0.2, 0.25) is 5.02 Å². The molecule has 2 amide bonds. The zero-order valence-corrected chi connectivity index (χ0v) is 16.8. The van der Waals surface area contributed by atoms with Crippen molar-refractivity contribution in [3.05, 3.63) is 99.9 Å². The summed E-state index contributed by atoms with van der Waals surface area (Å²) >= 11 is 7.08. The zero-order chi connectivity index (χ0) is 20.2. The van der Waals surface area contributed by atoms with Crippen molar-refractivity contribution in [2.24, 2.45) is 0 Å². The summed E-state index contributed by atoms with van der Waals surface area (Å²) in [7, 11) is 0. The second kappa shape index (κ2) is 8.55. The van der Waals surface area contributed by atoms with Crippen LogP contribution in [-0.2, 0) is 11.4 Å². The van der Waals surface area contributed by atoms with Gasteiger partial charge in [-0.05, 0) is 53.7 Å². The second-order valence-corrected chi connectivity index (χ2v) is 7.70. The predicted octanol–water partition coefficient (Wildman–Crippen LogP) is 6.16. The minimum atomic E-state index is -0.315. The van der Waals surface area contributed by atoms with E-state index in [1.54, 1.807) is 30.3 Å². The number of anilines is 1. The molecule has 0 atom stereocenters. The lowest BCUT2D eigenvalue weighted by atomic mass is 10.2. The molecule has 1 saturated heterocycles. The first-order valence-corrected chi connectivity index (χ1v) is 10.1. The largest absolute Gasteiger partial charge is 0.489 e. The topological polar surface area (TPSA) is 46.6 Å². The summed E-state index contributed by atoms with van der Waals surface area (Å²) in [4.78, 5) is 26.5. The molecule has 0 N–H and O–H groups in total. The van der Waals surface area contributed by atoms with Gasteiger partial charge in [0.05, 0.1) is 10.6 Å². The molecule has 144 valence electrons. The van der Waals surface area contributed by atoms with Gasteiger partial charge in [0.15, 0.2) is 0 Å². The van der Waals surface area contributed by atoms with E-state index >= 15 is 0 Å². The number of amides is 2. The van der Waals surface area contributed by atoms with E-state index in [1.807, 2.05) is 54.6 Å². The minimum absolute atomic E-state index is 0.299. The minimum Gasteiger partial charge on any atom is -0.489 e. The van der Waals surface area contributed by atoms with Gasteiger partial charge >= 0.3 is 0 Å². The van der Waals surface area contributed by atoms with Crippen LogP contribution >= 0.6 is 23.4 Å². The molecule has 1 heterocycles. The Hall–Kier alpha value is -3.02. The van der Waals surface area contributed by atoms with Crippen molar-refractivity contribution in [1.82, 2.24) is 0 Å². The van der Waals surface area contributed by atoms with Crippen LogP contribution in [0.15, 0.2) is 83.8 Å². The highest BCUT2D eigenvalue weighted by atomic mass is 35.5. The standard InChI is InChI=1S/C23H16ClNO3S/c24-20-9-5-4-6-17(20)15-28-19-12-10-16(11-13-19)14-21-22(26)25(23(27)29-21)18-7-2-1-3-8-18/h1-14H,15H2/b21-14-. The number of hydrogen-bond donors (Lipinski definition) is 0. The highest BCUT2D eigenvalue weighted by molar-refractivity contribution is 8.19. The quantitative estimate of drug-likeness (QED) is 0.463. The van der Waals surface area contributed by atoms with E-state index < -0.39 is 0 Å². The van der Waals surface area contributed by atoms with Crippen LogP contribution in [0.25, 0.3) is 6.08 Å². The molecule has 1 aliphatic heterocycles. The average Bonchev–Trinajstić information content (AvgIpc) is 3.02. The van der Waals surface area contributed by atoms with Gasteiger partial charge in [-0.2, -0.15) is 0 Å². The van der Waals surface area contributed by atoms with Crippen LogP contribution < -0.4 is 9.64 Å². The Morgan fingerprint density at radius 2 is 1.59 bits per heavy atom. The van der Waals surface area contributed by atoms with E-state index in [4.69, 9.17) is 16.3 Å². The van der Waals surface area contributed by atoms with Crippen molar-refractivity contribution in [2.45, 2.75) is 6.61 Å². The van der Waals surface area contributed by atoms with Crippen LogP contribution in [0.3, 0.4) is 0 Å². The van der Waals surface area contributed by atoms with Gasteiger partial charge in [-0.25, -0.2) is 4.90 Å². The Bertz CT molecular complexity index is 1080. The normalized spacial score (nSPS) is 15.2. The van der Waals surface area contributed by atoms with Crippen molar-refractivity contribution in [1.29, 1.82) is 0 Å². The molecular weight excluding hydrogens is 406 g/mol. The molecule has 0 unspecified atom stereocenters. The SMILES string of the molecule is O=C1S/C(=C\c2ccc(OCc3ccccc3Cl)cc2)C(=O)N1c1ccccc1. The molecule has 3 aromatic carbocycles. The maximum absolute atomic E-state index is 12.7. The molecular formula is C23H16ClNO3S. The number of carbonyl (C=O) groups is 2. The Kier molecular flexibility index (Phi) is 5.69. The third kappa shape index (κ3) is 4.36. The molecule has 0 aromatic heterocycles. The third-order valence-corrected chi connectivity index (χ3v) is 5.58. The summed E-state index contributed by atoms with van der Waals surface area (Å²) in [6, 6.07) is 23.8. The van der Waals surface area contributed by atoms with Crippen molar-refractivity contribution in [3.63, 3.8) is 0 Å². The van der Waals surface area contributed by atoms with Gasteiger partial charge in [0.1, 0.15) is 12.4 Å². The Balaban J connectivity index is 1.45. The number of hydrogen-bond acceptors (Lipinski definition) is 4. The lowest BCUT2D eigenvalue weighted by molar-refractivity contribution is -0.113. The number of benzene rings is 3. The fraction of sp³-hybridized carbons (Fsp3) is 0.0435. The van der Waals surface area contributed by atoms with E-state index in [0.717, 1.165) is 22.9 Å². The maximum Gasteiger partial charge on any atom is 0.298 e. The summed E-state index contributed by atoms with van der Waals surface area (Å²) in [6.45, 7) is 0.370. The summed E-state index contributed by atoms with van der Waals surface area (Å²) in [5.74, 6) is 0.379. The van der Waals surface area contributed by atoms with Crippen molar-refractivity contribution in [2.75, 3.05) is 4.90 Å². The Morgan fingerprint density at radius 3 is 2.31 bits per heavy atom. The molecule has 4 nitrogen and oxygen atoms in total. The van der Waals surface area contributed by atoms with E-state index in [-0.39, 0.29) is 11.1 Å². The first-order valence-electron chi connectivity index (χ1n) is 8.91. The number of ether oxygens (including phenoxy) is 1. The van der Waals surface area contributed by atoms with Crippen LogP contribution in [0.4, 0.5) is 10.5 Å². The molecule has 1 fully saturated rings. The Labute approximate surface area is 177 Å². The van der Waals surface area contributed by atoms with E-state index in [0.29, 0.717) is 28.0 Å². The summed E-state index contributed by atoms with van der Waals surface area (Å²) < 4.78 is 5.77. The molecule has 0 bridgehead atoms. The highest BCUT2D eigenvalue weighted by Gasteiger charge is 2.36. The number of para-hydroxylation sites is 1. The monoisotopic (exact) mass is 421 g/mol. The summed E-state index contributed by atoms with van der Waals surface area (Å²) in [5.41, 5.74) is 2.29. The van der Waals surface area contributed by atoms with Crippen molar-refractivity contribution < 1.29 is 14.3 Å². The molecule has 3 aromatic rings. The van der Waals surface area contributed by atoms with Crippen LogP contribution in [-0.4, -0.2) is 11.1 Å². The third-order valence-electron chi connectivity index (χ3n) is 4.34. The lowest BCUT2D eigenvalue weighted by Crippen LogP contribution is -2.27. The van der Waals surface area contributed by atoms with Crippen molar-refractivity contribution in [3.8, 4) is 5.75 Å². The second-order valence-electron chi connectivity index (χ2n) is 6.30. The van der Waals surface area contributed by atoms with Crippen LogP contribution in [0.5, 0.6) is 5.75 Å². The molecule has 4 rings (SSSR count). The number of carbonyl (C=O) groups excluding carboxylic acids is 2. The van der Waals surface area contributed by atoms with Gasteiger partial charge < -0.3 is 4.74 Å². The number of nitrogens with zero attached hydrogens (tertiary/aromatic N) is 1. The first-order chi connectivity index (χ1) is 14.1. The summed E-state index contributed by atoms with van der Waals surface area (Å²) in [6.07, 6.45) is 1.71. The fourth-order valence-electron chi connectivity index (χ4n) is 2.86. The Morgan fingerprint density at radius 1 is 0.897 bits per heavy atom. The van der Waals surface area contributed by atoms with E-state index in [1.165, 1.54) is 4.90 Å². The molecule has 0 spiro atoms. The molecule has 29 heavy (non-hydrogen) atoms. The molecule has 0 radical (unpaired) electrons. The van der Waals surface area contributed by atoms with E-state index in [2.05, 4.69) is 0 Å². The molecule has 0 saturated carbocycles. The van der Waals surface area contributed by atoms with Crippen LogP contribution in [0, 0.1) is 0 Å². The first kappa shape index (κ1) is 19.3.